The molecular weight excluding hydrogens is 480 g/mol. The number of carboxylic acid groups (broad SMARTS) is 1. The topological polar surface area (TPSA) is 110 Å². The molecule has 0 spiro atoms. The van der Waals surface area contributed by atoms with Crippen LogP contribution in [0.5, 0.6) is 0 Å². The molecule has 0 unspecified atom stereocenters. The van der Waals surface area contributed by atoms with Gasteiger partial charge in [0.2, 0.25) is 5.95 Å². The van der Waals surface area contributed by atoms with Crippen molar-refractivity contribution in [1.29, 1.82) is 0 Å². The van der Waals surface area contributed by atoms with Gasteiger partial charge in [-0.15, -0.1) is 0 Å². The van der Waals surface area contributed by atoms with Gasteiger partial charge in [-0.05, 0) is 62.3 Å². The summed E-state index contributed by atoms with van der Waals surface area (Å²) in [5.41, 5.74) is 3.94. The minimum atomic E-state index is -0.758. The first-order chi connectivity index (χ1) is 18.5. The SMILES string of the molecule is CNCCCN(C)c1ccc(-c2ccnc(Nc3cccc(CCN4CCN(CC(=O)O)CC4)c3)n2)cn1. The molecule has 38 heavy (non-hydrogen) atoms. The first-order valence-electron chi connectivity index (χ1n) is 13.2. The van der Waals surface area contributed by atoms with Crippen LogP contribution in [-0.2, 0) is 11.2 Å². The maximum absolute atomic E-state index is 10.9. The fraction of sp³-hybridized carbons (Fsp3) is 0.429. The summed E-state index contributed by atoms with van der Waals surface area (Å²) >= 11 is 0. The van der Waals surface area contributed by atoms with Crippen molar-refractivity contribution in [2.75, 3.05) is 76.7 Å². The van der Waals surface area contributed by atoms with Crippen LogP contribution in [0.4, 0.5) is 17.5 Å². The molecule has 1 aliphatic rings. The van der Waals surface area contributed by atoms with Crippen LogP contribution in [0.25, 0.3) is 11.3 Å². The highest BCUT2D eigenvalue weighted by Gasteiger charge is 2.18. The van der Waals surface area contributed by atoms with E-state index in [4.69, 9.17) is 10.1 Å². The Bertz CT molecular complexity index is 1170. The van der Waals surface area contributed by atoms with Crippen molar-refractivity contribution in [2.45, 2.75) is 12.8 Å². The summed E-state index contributed by atoms with van der Waals surface area (Å²) in [6.45, 7) is 6.39. The number of piperazine rings is 1. The highest BCUT2D eigenvalue weighted by Crippen LogP contribution is 2.21. The van der Waals surface area contributed by atoms with E-state index >= 15 is 0 Å². The molecule has 0 bridgehead atoms. The largest absolute Gasteiger partial charge is 0.480 e. The molecule has 3 heterocycles. The molecule has 10 nitrogen and oxygen atoms in total. The van der Waals surface area contributed by atoms with Crippen molar-refractivity contribution in [2.24, 2.45) is 0 Å². The molecule has 0 aliphatic carbocycles. The van der Waals surface area contributed by atoms with Gasteiger partial charge in [0, 0.05) is 70.0 Å². The maximum atomic E-state index is 10.9. The Labute approximate surface area is 224 Å². The fourth-order valence-corrected chi connectivity index (χ4v) is 4.53. The minimum Gasteiger partial charge on any atom is -0.480 e. The second kappa shape index (κ2) is 13.8. The Morgan fingerprint density at radius 3 is 2.63 bits per heavy atom. The van der Waals surface area contributed by atoms with Crippen molar-refractivity contribution < 1.29 is 9.90 Å². The standard InChI is InChI=1S/C28H38N8O2/c1-29-11-4-13-34(2)26-8-7-23(20-31-26)25-9-12-30-28(33-25)32-24-6-3-5-22(19-24)10-14-35-15-17-36(18-16-35)21-27(37)38/h3,5-9,12,19-20,29H,4,10-11,13-18,21H2,1-2H3,(H,37,38)(H,30,32,33). The van der Waals surface area contributed by atoms with E-state index in [1.54, 1.807) is 6.20 Å². The molecule has 0 amide bonds. The zero-order chi connectivity index (χ0) is 26.7. The first-order valence-corrected chi connectivity index (χ1v) is 13.2. The van der Waals surface area contributed by atoms with Crippen LogP contribution in [0, 0.1) is 0 Å². The van der Waals surface area contributed by atoms with Gasteiger partial charge in [-0.1, -0.05) is 12.1 Å². The molecule has 1 saturated heterocycles. The van der Waals surface area contributed by atoms with Gasteiger partial charge in [-0.2, -0.15) is 0 Å². The van der Waals surface area contributed by atoms with Gasteiger partial charge in [0.1, 0.15) is 5.82 Å². The van der Waals surface area contributed by atoms with Gasteiger partial charge in [-0.25, -0.2) is 15.0 Å². The lowest BCUT2D eigenvalue weighted by molar-refractivity contribution is -0.138. The van der Waals surface area contributed by atoms with Gasteiger partial charge in [0.25, 0.3) is 0 Å². The summed E-state index contributed by atoms with van der Waals surface area (Å²) in [6.07, 6.45) is 5.61. The normalized spacial score (nSPS) is 14.4. The lowest BCUT2D eigenvalue weighted by Crippen LogP contribution is -2.48. The Kier molecular flexibility index (Phi) is 9.97. The summed E-state index contributed by atoms with van der Waals surface area (Å²) in [4.78, 5) is 31.2. The number of aliphatic carboxylic acids is 1. The van der Waals surface area contributed by atoms with Gasteiger partial charge >= 0.3 is 5.97 Å². The van der Waals surface area contributed by atoms with Crippen LogP contribution in [0.1, 0.15) is 12.0 Å². The zero-order valence-electron chi connectivity index (χ0n) is 22.3. The molecular formula is C28H38N8O2. The molecule has 202 valence electrons. The average molecular weight is 519 g/mol. The van der Waals surface area contributed by atoms with Crippen LogP contribution in [-0.4, -0.2) is 102 Å². The molecule has 0 radical (unpaired) electrons. The second-order valence-electron chi connectivity index (χ2n) is 9.64. The Hall–Kier alpha value is -3.60. The number of pyridine rings is 1. The van der Waals surface area contributed by atoms with Crippen molar-refractivity contribution in [3.05, 3.63) is 60.4 Å². The van der Waals surface area contributed by atoms with E-state index in [2.05, 4.69) is 49.6 Å². The van der Waals surface area contributed by atoms with Crippen LogP contribution < -0.4 is 15.5 Å². The quantitative estimate of drug-likeness (QED) is 0.292. The second-order valence-corrected chi connectivity index (χ2v) is 9.64. The number of nitrogens with one attached hydrogen (secondary N) is 2. The number of nitrogens with zero attached hydrogens (tertiary/aromatic N) is 6. The van der Waals surface area contributed by atoms with Gasteiger partial charge in [0.15, 0.2) is 0 Å². The van der Waals surface area contributed by atoms with E-state index in [0.29, 0.717) is 5.95 Å². The molecule has 0 saturated carbocycles. The van der Waals surface area contributed by atoms with E-state index in [0.717, 1.165) is 81.4 Å². The number of hydrogen-bond donors (Lipinski definition) is 3. The molecule has 1 aliphatic heterocycles. The fourth-order valence-electron chi connectivity index (χ4n) is 4.53. The van der Waals surface area contributed by atoms with Gasteiger partial charge in [0.05, 0.1) is 12.2 Å². The Balaban J connectivity index is 1.31. The Morgan fingerprint density at radius 2 is 1.89 bits per heavy atom. The number of hydrogen-bond acceptors (Lipinski definition) is 9. The maximum Gasteiger partial charge on any atom is 0.317 e. The molecule has 3 aromatic rings. The van der Waals surface area contributed by atoms with Crippen LogP contribution >= 0.6 is 0 Å². The molecule has 3 N–H and O–H groups in total. The van der Waals surface area contributed by atoms with E-state index in [1.807, 2.05) is 48.5 Å². The predicted octanol–water partition coefficient (Wildman–Crippen LogP) is 2.57. The number of aromatic nitrogens is 3. The summed E-state index contributed by atoms with van der Waals surface area (Å²) in [7, 11) is 4.02. The molecule has 2 aromatic heterocycles. The van der Waals surface area contributed by atoms with Gasteiger partial charge in [-0.3, -0.25) is 9.69 Å². The third-order valence-electron chi connectivity index (χ3n) is 6.73. The van der Waals surface area contributed by atoms with Gasteiger partial charge < -0.3 is 25.5 Å². The first kappa shape index (κ1) is 27.4. The highest BCUT2D eigenvalue weighted by molar-refractivity contribution is 5.69. The zero-order valence-corrected chi connectivity index (χ0v) is 22.3. The third kappa shape index (κ3) is 8.20. The summed E-state index contributed by atoms with van der Waals surface area (Å²) < 4.78 is 0. The third-order valence-corrected chi connectivity index (χ3v) is 6.73. The van der Waals surface area contributed by atoms with Crippen molar-refractivity contribution in [3.63, 3.8) is 0 Å². The van der Waals surface area contributed by atoms with Crippen LogP contribution in [0.15, 0.2) is 54.9 Å². The Morgan fingerprint density at radius 1 is 1.08 bits per heavy atom. The minimum absolute atomic E-state index is 0.126. The monoisotopic (exact) mass is 518 g/mol. The number of anilines is 3. The highest BCUT2D eigenvalue weighted by atomic mass is 16.4. The molecule has 1 fully saturated rings. The summed E-state index contributed by atoms with van der Waals surface area (Å²) in [6, 6.07) is 14.3. The summed E-state index contributed by atoms with van der Waals surface area (Å²) in [5.74, 6) is 0.727. The van der Waals surface area contributed by atoms with Crippen LogP contribution in [0.2, 0.25) is 0 Å². The molecule has 1 aromatic carbocycles. The average Bonchev–Trinajstić information content (AvgIpc) is 2.93. The summed E-state index contributed by atoms with van der Waals surface area (Å²) in [5, 5.41) is 15.5. The van der Waals surface area contributed by atoms with E-state index in [-0.39, 0.29) is 6.54 Å². The smallest absolute Gasteiger partial charge is 0.317 e. The molecule has 10 heteroatoms. The van der Waals surface area contributed by atoms with Crippen molar-refractivity contribution >= 4 is 23.4 Å². The lowest BCUT2D eigenvalue weighted by atomic mass is 10.1. The number of carboxylic acids is 1. The number of carbonyl (C=O) groups is 1. The van der Waals surface area contributed by atoms with E-state index < -0.39 is 5.97 Å². The van der Waals surface area contributed by atoms with E-state index in [1.165, 1.54) is 5.56 Å². The van der Waals surface area contributed by atoms with Crippen molar-refractivity contribution in [1.82, 2.24) is 30.1 Å². The number of benzene rings is 1. The number of rotatable bonds is 13. The predicted molar refractivity (Wildman–Crippen MR) is 151 cm³/mol. The van der Waals surface area contributed by atoms with E-state index in [9.17, 15) is 4.79 Å². The molecule has 4 rings (SSSR count). The lowest BCUT2D eigenvalue weighted by Gasteiger charge is -2.33. The van der Waals surface area contributed by atoms with Crippen LogP contribution in [0.3, 0.4) is 0 Å². The molecule has 0 atom stereocenters. The van der Waals surface area contributed by atoms with Crippen molar-refractivity contribution in [3.8, 4) is 11.3 Å².